The zero-order valence-corrected chi connectivity index (χ0v) is 30.3. The molecule has 0 radical (unpaired) electrons. The number of nitrogens with zero attached hydrogens (tertiary/aromatic N) is 4. The van der Waals surface area contributed by atoms with Crippen LogP contribution in [0.2, 0.25) is 0 Å². The molecule has 4 heteroatoms. The number of aromatic nitrogens is 3. The molecular formula is C51H36N4. The molecule has 0 aliphatic heterocycles. The summed E-state index contributed by atoms with van der Waals surface area (Å²) in [5, 5.41) is 6.14. The molecule has 0 aliphatic carbocycles. The van der Waals surface area contributed by atoms with Crippen LogP contribution in [-0.2, 0) is 0 Å². The van der Waals surface area contributed by atoms with E-state index >= 15 is 0 Å². The van der Waals surface area contributed by atoms with E-state index in [1.807, 2.05) is 0 Å². The Kier molecular flexibility index (Phi) is 7.04. The van der Waals surface area contributed by atoms with E-state index in [0.29, 0.717) is 0 Å². The Balaban J connectivity index is 1.14. The first kappa shape index (κ1) is 31.2. The predicted molar refractivity (Wildman–Crippen MR) is 231 cm³/mol. The fourth-order valence-corrected chi connectivity index (χ4v) is 8.61. The maximum absolute atomic E-state index is 2.46. The zero-order valence-electron chi connectivity index (χ0n) is 30.3. The molecule has 0 atom stereocenters. The molecule has 0 aliphatic rings. The second kappa shape index (κ2) is 12.4. The molecule has 0 bridgehead atoms. The van der Waals surface area contributed by atoms with Crippen LogP contribution in [0.25, 0.3) is 71.6 Å². The third-order valence-electron chi connectivity index (χ3n) is 11.1. The Hall–Kier alpha value is -7.30. The summed E-state index contributed by atoms with van der Waals surface area (Å²) in [5.74, 6) is 0. The van der Waals surface area contributed by atoms with E-state index in [1.165, 1.54) is 60.1 Å². The number of hydrogen-bond acceptors (Lipinski definition) is 1. The van der Waals surface area contributed by atoms with Gasteiger partial charge in [-0.1, -0.05) is 109 Å². The number of rotatable bonds is 6. The van der Waals surface area contributed by atoms with Crippen molar-refractivity contribution in [1.29, 1.82) is 0 Å². The maximum atomic E-state index is 2.46. The standard InChI is InChI=1S/C51H36N4/c1-35-23-26-39(27-24-35)54-47-21-10-9-20-44(47)46-34-42(28-30-49(46)54)53(38-15-6-3-7-16-38)40-17-12-18-41(33-40)55-48-22-11-8-19-43(48)45-29-25-36-31-32-52(50(36)51(45)55)37-13-4-2-5-14-37/h2-34H,1H3. The molecule has 0 amide bonds. The first-order valence-electron chi connectivity index (χ1n) is 18.9. The molecule has 4 nitrogen and oxygen atoms in total. The zero-order chi connectivity index (χ0) is 36.5. The molecule has 0 saturated heterocycles. The molecule has 11 rings (SSSR count). The van der Waals surface area contributed by atoms with Gasteiger partial charge in [0.05, 0.1) is 27.6 Å². The molecule has 3 aromatic heterocycles. The van der Waals surface area contributed by atoms with E-state index < -0.39 is 0 Å². The van der Waals surface area contributed by atoms with Gasteiger partial charge in [0.25, 0.3) is 0 Å². The summed E-state index contributed by atoms with van der Waals surface area (Å²) in [7, 11) is 0. The lowest BCUT2D eigenvalue weighted by molar-refractivity contribution is 1.11. The van der Waals surface area contributed by atoms with Crippen LogP contribution in [0.15, 0.2) is 200 Å². The highest BCUT2D eigenvalue weighted by Crippen LogP contribution is 2.42. The van der Waals surface area contributed by atoms with Crippen LogP contribution in [-0.4, -0.2) is 13.7 Å². The summed E-state index contributed by atoms with van der Waals surface area (Å²) in [6.07, 6.45) is 2.20. The van der Waals surface area contributed by atoms with E-state index in [4.69, 9.17) is 0 Å². The lowest BCUT2D eigenvalue weighted by Crippen LogP contribution is -2.10. The highest BCUT2D eigenvalue weighted by molar-refractivity contribution is 6.18. The highest BCUT2D eigenvalue weighted by atomic mass is 15.1. The van der Waals surface area contributed by atoms with Crippen LogP contribution < -0.4 is 4.90 Å². The van der Waals surface area contributed by atoms with E-state index in [2.05, 4.69) is 226 Å². The fourth-order valence-electron chi connectivity index (χ4n) is 8.61. The van der Waals surface area contributed by atoms with Crippen molar-refractivity contribution in [2.45, 2.75) is 6.92 Å². The summed E-state index contributed by atoms with van der Waals surface area (Å²) in [6, 6.07) is 70.4. The van der Waals surface area contributed by atoms with Gasteiger partial charge in [0.1, 0.15) is 0 Å². The van der Waals surface area contributed by atoms with Gasteiger partial charge in [0.15, 0.2) is 0 Å². The van der Waals surface area contributed by atoms with Crippen molar-refractivity contribution < 1.29 is 0 Å². The van der Waals surface area contributed by atoms with E-state index in [0.717, 1.165) is 34.1 Å². The number of aryl methyl sites for hydroxylation is 1. The van der Waals surface area contributed by atoms with Crippen molar-refractivity contribution in [3.63, 3.8) is 0 Å². The summed E-state index contributed by atoms with van der Waals surface area (Å²) < 4.78 is 7.17. The third kappa shape index (κ3) is 4.92. The van der Waals surface area contributed by atoms with Crippen LogP contribution in [0, 0.1) is 6.92 Å². The van der Waals surface area contributed by atoms with Crippen LogP contribution in [0.5, 0.6) is 0 Å². The Morgan fingerprint density at radius 1 is 0.364 bits per heavy atom. The van der Waals surface area contributed by atoms with Gasteiger partial charge in [-0.15, -0.1) is 0 Å². The van der Waals surface area contributed by atoms with Gasteiger partial charge in [-0.25, -0.2) is 0 Å². The van der Waals surface area contributed by atoms with E-state index in [9.17, 15) is 0 Å². The fraction of sp³-hybridized carbons (Fsp3) is 0.0196. The highest BCUT2D eigenvalue weighted by Gasteiger charge is 2.21. The van der Waals surface area contributed by atoms with E-state index in [-0.39, 0.29) is 0 Å². The summed E-state index contributed by atoms with van der Waals surface area (Å²) >= 11 is 0. The minimum Gasteiger partial charge on any atom is -0.315 e. The molecule has 0 spiro atoms. The van der Waals surface area contributed by atoms with Crippen molar-refractivity contribution in [2.24, 2.45) is 0 Å². The Morgan fingerprint density at radius 2 is 0.982 bits per heavy atom. The van der Waals surface area contributed by atoms with Gasteiger partial charge in [-0.3, -0.25) is 0 Å². The molecule has 0 saturated carbocycles. The van der Waals surface area contributed by atoms with Crippen molar-refractivity contribution in [3.8, 4) is 17.1 Å². The lowest BCUT2D eigenvalue weighted by Gasteiger charge is -2.26. The second-order valence-electron chi connectivity index (χ2n) is 14.4. The summed E-state index contributed by atoms with van der Waals surface area (Å²) in [4.78, 5) is 2.39. The molecule has 11 aromatic rings. The Labute approximate surface area is 319 Å². The van der Waals surface area contributed by atoms with Crippen LogP contribution in [0.1, 0.15) is 5.56 Å². The van der Waals surface area contributed by atoms with Crippen molar-refractivity contribution in [2.75, 3.05) is 4.90 Å². The Bertz CT molecular complexity index is 3200. The minimum absolute atomic E-state index is 1.09. The van der Waals surface area contributed by atoms with E-state index in [1.54, 1.807) is 0 Å². The maximum Gasteiger partial charge on any atom is 0.0788 e. The predicted octanol–water partition coefficient (Wildman–Crippen LogP) is 13.6. The molecule has 0 unspecified atom stereocenters. The van der Waals surface area contributed by atoms with Gasteiger partial charge in [-0.05, 0) is 97.9 Å². The average Bonchev–Trinajstić information content (AvgIpc) is 3.93. The summed E-state index contributed by atoms with van der Waals surface area (Å²) in [5.41, 5.74) is 13.9. The van der Waals surface area contributed by atoms with Crippen molar-refractivity contribution in [1.82, 2.24) is 13.7 Å². The Morgan fingerprint density at radius 3 is 1.76 bits per heavy atom. The van der Waals surface area contributed by atoms with Gasteiger partial charge >= 0.3 is 0 Å². The number of para-hydroxylation sites is 4. The molecule has 8 aromatic carbocycles. The molecule has 0 fully saturated rings. The van der Waals surface area contributed by atoms with Gasteiger partial charge < -0.3 is 18.6 Å². The van der Waals surface area contributed by atoms with Gasteiger partial charge in [0, 0.05) is 67.3 Å². The monoisotopic (exact) mass is 704 g/mol. The summed E-state index contributed by atoms with van der Waals surface area (Å²) in [6.45, 7) is 2.14. The van der Waals surface area contributed by atoms with Crippen LogP contribution in [0.3, 0.4) is 0 Å². The SMILES string of the molecule is Cc1ccc(-n2c3ccccc3c3cc(N(c4ccccc4)c4cccc(-n5c6ccccc6c6ccc7ccn(-c8ccccc8)c7c65)c4)ccc32)cc1. The number of hydrogen-bond donors (Lipinski definition) is 0. The number of benzene rings is 8. The smallest absolute Gasteiger partial charge is 0.0788 e. The van der Waals surface area contributed by atoms with Crippen molar-refractivity contribution >= 4 is 71.6 Å². The van der Waals surface area contributed by atoms with Gasteiger partial charge in [0.2, 0.25) is 0 Å². The lowest BCUT2D eigenvalue weighted by atomic mass is 10.1. The average molecular weight is 705 g/mol. The van der Waals surface area contributed by atoms with Crippen LogP contribution in [0.4, 0.5) is 17.1 Å². The van der Waals surface area contributed by atoms with Crippen molar-refractivity contribution in [3.05, 3.63) is 206 Å². The molecule has 3 heterocycles. The normalized spacial score (nSPS) is 11.7. The molecule has 0 N–H and O–H groups in total. The molecule has 260 valence electrons. The first-order valence-corrected chi connectivity index (χ1v) is 18.9. The topological polar surface area (TPSA) is 18.0 Å². The number of fused-ring (bicyclic) bond motifs is 8. The minimum atomic E-state index is 1.09. The molecular weight excluding hydrogens is 669 g/mol. The third-order valence-corrected chi connectivity index (χ3v) is 11.1. The molecule has 55 heavy (non-hydrogen) atoms. The second-order valence-corrected chi connectivity index (χ2v) is 14.4. The van der Waals surface area contributed by atoms with Gasteiger partial charge in [-0.2, -0.15) is 0 Å². The van der Waals surface area contributed by atoms with Crippen LogP contribution >= 0.6 is 0 Å². The number of anilines is 3. The first-order chi connectivity index (χ1) is 27.2. The quantitative estimate of drug-likeness (QED) is 0.168. The largest absolute Gasteiger partial charge is 0.315 e.